The number of aromatic amines is 1. The molecule has 6 heteroatoms. The Balaban J connectivity index is 2.02. The first-order valence-electron chi connectivity index (χ1n) is 7.87. The van der Waals surface area contributed by atoms with Gasteiger partial charge in [0.25, 0.3) is 0 Å². The molecule has 1 heterocycles. The summed E-state index contributed by atoms with van der Waals surface area (Å²) in [6, 6.07) is 15.7. The number of aromatic nitrogens is 2. The Morgan fingerprint density at radius 2 is 1.48 bits per heavy atom. The lowest BCUT2D eigenvalue weighted by molar-refractivity contribution is 0.322. The molecule has 3 rings (SSSR count). The summed E-state index contributed by atoms with van der Waals surface area (Å²) in [5, 5.41) is 9.85. The zero-order chi connectivity index (χ0) is 17.6. The summed E-state index contributed by atoms with van der Waals surface area (Å²) in [6.45, 7) is 0.112. The van der Waals surface area contributed by atoms with Crippen molar-refractivity contribution >= 4 is 11.8 Å². The Hall–Kier alpha value is -2.44. The third-order valence-electron chi connectivity index (χ3n) is 3.75. The van der Waals surface area contributed by atoms with Crippen molar-refractivity contribution in [2.75, 3.05) is 26.6 Å². The van der Waals surface area contributed by atoms with Gasteiger partial charge in [0.2, 0.25) is 0 Å². The minimum Gasteiger partial charge on any atom is -0.497 e. The second-order valence-corrected chi connectivity index (χ2v) is 6.38. The molecule has 0 bridgehead atoms. The van der Waals surface area contributed by atoms with Crippen LogP contribution in [0.5, 0.6) is 11.5 Å². The van der Waals surface area contributed by atoms with Crippen LogP contribution < -0.4 is 9.47 Å². The van der Waals surface area contributed by atoms with Crippen LogP contribution in [0.3, 0.4) is 0 Å². The molecule has 130 valence electrons. The maximum atomic E-state index is 9.06. The van der Waals surface area contributed by atoms with Crippen LogP contribution in [0, 0.1) is 0 Å². The van der Waals surface area contributed by atoms with Crippen molar-refractivity contribution in [2.24, 2.45) is 0 Å². The molecule has 2 N–H and O–H groups in total. The number of imidazole rings is 1. The zero-order valence-electron chi connectivity index (χ0n) is 14.2. The van der Waals surface area contributed by atoms with Gasteiger partial charge in [-0.05, 0) is 48.5 Å². The minimum absolute atomic E-state index is 0.112. The van der Waals surface area contributed by atoms with Crippen molar-refractivity contribution in [3.8, 4) is 34.0 Å². The van der Waals surface area contributed by atoms with Crippen LogP contribution in [-0.4, -0.2) is 41.7 Å². The highest BCUT2D eigenvalue weighted by Gasteiger charge is 2.15. The van der Waals surface area contributed by atoms with E-state index in [1.54, 1.807) is 14.2 Å². The zero-order valence-corrected chi connectivity index (χ0v) is 15.0. The second kappa shape index (κ2) is 8.09. The maximum Gasteiger partial charge on any atom is 0.166 e. The molecule has 0 aliphatic rings. The number of hydrogen-bond donors (Lipinski definition) is 2. The Kier molecular flexibility index (Phi) is 5.63. The van der Waals surface area contributed by atoms with E-state index < -0.39 is 0 Å². The van der Waals surface area contributed by atoms with Gasteiger partial charge in [-0.3, -0.25) is 0 Å². The normalized spacial score (nSPS) is 10.7. The molecule has 0 amide bonds. The van der Waals surface area contributed by atoms with Crippen molar-refractivity contribution in [1.29, 1.82) is 0 Å². The van der Waals surface area contributed by atoms with Crippen LogP contribution in [0.2, 0.25) is 0 Å². The molecule has 5 nitrogen and oxygen atoms in total. The average molecular weight is 356 g/mol. The highest BCUT2D eigenvalue weighted by molar-refractivity contribution is 7.99. The molecule has 0 aliphatic carbocycles. The fourth-order valence-corrected chi connectivity index (χ4v) is 3.10. The highest BCUT2D eigenvalue weighted by atomic mass is 32.2. The molecule has 0 radical (unpaired) electrons. The Morgan fingerprint density at radius 1 is 0.920 bits per heavy atom. The predicted octanol–water partition coefficient (Wildman–Crippen LogP) is 3.85. The largest absolute Gasteiger partial charge is 0.497 e. The quantitative estimate of drug-likeness (QED) is 0.630. The van der Waals surface area contributed by atoms with E-state index in [9.17, 15) is 0 Å². The van der Waals surface area contributed by atoms with Gasteiger partial charge in [0, 0.05) is 16.9 Å². The first-order chi connectivity index (χ1) is 12.2. The minimum atomic E-state index is 0.112. The third-order valence-corrected chi connectivity index (χ3v) is 4.61. The average Bonchev–Trinajstić information content (AvgIpc) is 3.10. The molecule has 2 aromatic carbocycles. The summed E-state index contributed by atoms with van der Waals surface area (Å²) in [5.41, 5.74) is 3.83. The van der Waals surface area contributed by atoms with Crippen molar-refractivity contribution in [3.63, 3.8) is 0 Å². The first kappa shape index (κ1) is 17.4. The summed E-state index contributed by atoms with van der Waals surface area (Å²) in [4.78, 5) is 8.08. The second-order valence-electron chi connectivity index (χ2n) is 5.29. The number of thioether (sulfide) groups is 1. The molecule has 0 atom stereocenters. The van der Waals surface area contributed by atoms with E-state index >= 15 is 0 Å². The van der Waals surface area contributed by atoms with Gasteiger partial charge in [-0.2, -0.15) is 0 Å². The van der Waals surface area contributed by atoms with Gasteiger partial charge in [0.15, 0.2) is 5.16 Å². The lowest BCUT2D eigenvalue weighted by Gasteiger charge is -2.06. The van der Waals surface area contributed by atoms with Crippen molar-refractivity contribution in [1.82, 2.24) is 9.97 Å². The molecule has 1 aromatic heterocycles. The van der Waals surface area contributed by atoms with Gasteiger partial charge >= 0.3 is 0 Å². The highest BCUT2D eigenvalue weighted by Crippen LogP contribution is 2.34. The topological polar surface area (TPSA) is 67.4 Å². The SMILES string of the molecule is COc1ccc(-c2nc(SCCO)[nH]c2-c2ccc(OC)cc2)cc1. The smallest absolute Gasteiger partial charge is 0.166 e. The van der Waals surface area contributed by atoms with Gasteiger partial charge in [0.1, 0.15) is 11.5 Å². The van der Waals surface area contributed by atoms with Crippen LogP contribution in [0.4, 0.5) is 0 Å². The molecular weight excluding hydrogens is 336 g/mol. The fourth-order valence-electron chi connectivity index (χ4n) is 2.49. The maximum absolute atomic E-state index is 9.06. The molecule has 0 unspecified atom stereocenters. The molecule has 0 saturated heterocycles. The summed E-state index contributed by atoms with van der Waals surface area (Å²) in [6.07, 6.45) is 0. The van der Waals surface area contributed by atoms with Crippen LogP contribution in [0.1, 0.15) is 0 Å². The lowest BCUT2D eigenvalue weighted by atomic mass is 10.0. The molecule has 0 spiro atoms. The first-order valence-corrected chi connectivity index (χ1v) is 8.86. The van der Waals surface area contributed by atoms with Crippen LogP contribution in [0.15, 0.2) is 53.7 Å². The van der Waals surface area contributed by atoms with Gasteiger partial charge in [-0.15, -0.1) is 0 Å². The van der Waals surface area contributed by atoms with Crippen molar-refractivity contribution in [3.05, 3.63) is 48.5 Å². The molecule has 0 aliphatic heterocycles. The number of methoxy groups -OCH3 is 2. The van der Waals surface area contributed by atoms with E-state index in [4.69, 9.17) is 19.6 Å². The Morgan fingerprint density at radius 3 is 2.00 bits per heavy atom. The number of rotatable bonds is 7. The number of ether oxygens (including phenoxy) is 2. The van der Waals surface area contributed by atoms with E-state index in [0.717, 1.165) is 39.2 Å². The van der Waals surface area contributed by atoms with Crippen LogP contribution in [0.25, 0.3) is 22.5 Å². The standard InChI is InChI=1S/C19H20N2O3S/c1-23-15-7-3-13(4-8-15)17-18(21-19(20-17)25-12-11-22)14-5-9-16(24-2)10-6-14/h3-10,22H,11-12H2,1-2H3,(H,20,21). The monoisotopic (exact) mass is 356 g/mol. The number of hydrogen-bond acceptors (Lipinski definition) is 5. The van der Waals surface area contributed by atoms with Gasteiger partial charge in [-0.1, -0.05) is 11.8 Å². The van der Waals surface area contributed by atoms with E-state index in [1.165, 1.54) is 11.8 Å². The van der Waals surface area contributed by atoms with Crippen LogP contribution >= 0.6 is 11.8 Å². The third kappa shape index (κ3) is 3.97. The number of H-pyrrole nitrogens is 1. The molecule has 25 heavy (non-hydrogen) atoms. The summed E-state index contributed by atoms with van der Waals surface area (Å²) >= 11 is 1.49. The summed E-state index contributed by atoms with van der Waals surface area (Å²) in [5.74, 6) is 2.21. The molecule has 3 aromatic rings. The van der Waals surface area contributed by atoms with Gasteiger partial charge in [0.05, 0.1) is 32.2 Å². The van der Waals surface area contributed by atoms with Crippen LogP contribution in [-0.2, 0) is 0 Å². The van der Waals surface area contributed by atoms with Crippen molar-refractivity contribution < 1.29 is 14.6 Å². The predicted molar refractivity (Wildman–Crippen MR) is 100 cm³/mol. The number of aliphatic hydroxyl groups excluding tert-OH is 1. The Labute approximate surface area is 151 Å². The Bertz CT molecular complexity index is 749. The number of nitrogens with one attached hydrogen (secondary N) is 1. The summed E-state index contributed by atoms with van der Waals surface area (Å²) < 4.78 is 10.5. The van der Waals surface area contributed by atoms with E-state index in [-0.39, 0.29) is 6.61 Å². The summed E-state index contributed by atoms with van der Waals surface area (Å²) in [7, 11) is 3.30. The van der Waals surface area contributed by atoms with Gasteiger partial charge < -0.3 is 19.6 Å². The van der Waals surface area contributed by atoms with Crippen molar-refractivity contribution in [2.45, 2.75) is 5.16 Å². The van der Waals surface area contributed by atoms with Gasteiger partial charge in [-0.25, -0.2) is 4.98 Å². The van der Waals surface area contributed by atoms with E-state index in [0.29, 0.717) is 5.75 Å². The molecule has 0 fully saturated rings. The number of nitrogens with zero attached hydrogens (tertiary/aromatic N) is 1. The molecule has 0 saturated carbocycles. The lowest BCUT2D eigenvalue weighted by Crippen LogP contribution is -1.87. The van der Waals surface area contributed by atoms with E-state index in [2.05, 4.69) is 4.98 Å². The molecular formula is C19H20N2O3S. The number of benzene rings is 2. The fraction of sp³-hybridized carbons (Fsp3) is 0.211. The van der Waals surface area contributed by atoms with E-state index in [1.807, 2.05) is 48.5 Å². The number of aliphatic hydroxyl groups is 1.